The molecule has 1 heterocycles. The highest BCUT2D eigenvalue weighted by Crippen LogP contribution is 2.32. The Morgan fingerprint density at radius 2 is 1.83 bits per heavy atom. The number of carbonyl (C=O) groups is 3. The number of allylic oxidation sites excluding steroid dienone is 1. The maximum absolute atomic E-state index is 12.9. The average molecular weight is 329 g/mol. The Bertz CT molecular complexity index is 663. The quantitative estimate of drug-likeness (QED) is 0.457. The molecule has 24 heavy (non-hydrogen) atoms. The number of benzene rings is 1. The smallest absolute Gasteiger partial charge is 0.343 e. The first kappa shape index (κ1) is 17.9. The largest absolute Gasteiger partial charge is 0.462 e. The van der Waals surface area contributed by atoms with Gasteiger partial charge >= 0.3 is 5.97 Å². The zero-order valence-electron chi connectivity index (χ0n) is 14.4. The van der Waals surface area contributed by atoms with Crippen molar-refractivity contribution in [2.24, 2.45) is 0 Å². The average Bonchev–Trinajstić information content (AvgIpc) is 2.56. The van der Waals surface area contributed by atoms with E-state index >= 15 is 0 Å². The Morgan fingerprint density at radius 3 is 2.42 bits per heavy atom. The van der Waals surface area contributed by atoms with E-state index in [-0.39, 0.29) is 18.1 Å². The summed E-state index contributed by atoms with van der Waals surface area (Å²) >= 11 is 0. The van der Waals surface area contributed by atoms with Gasteiger partial charge in [0.15, 0.2) is 5.78 Å². The third kappa shape index (κ3) is 3.40. The highest BCUT2D eigenvalue weighted by Gasteiger charge is 2.43. The van der Waals surface area contributed by atoms with Gasteiger partial charge in [0.2, 0.25) is 5.91 Å². The van der Waals surface area contributed by atoms with Crippen molar-refractivity contribution in [3.8, 4) is 0 Å². The van der Waals surface area contributed by atoms with Gasteiger partial charge in [-0.05, 0) is 25.8 Å². The van der Waals surface area contributed by atoms with E-state index in [0.29, 0.717) is 17.8 Å². The van der Waals surface area contributed by atoms with Gasteiger partial charge in [-0.2, -0.15) is 0 Å². The normalized spacial score (nSPS) is 18.1. The van der Waals surface area contributed by atoms with Crippen LogP contribution < -0.4 is 0 Å². The predicted molar refractivity (Wildman–Crippen MR) is 90.1 cm³/mol. The number of ketones is 1. The van der Waals surface area contributed by atoms with Gasteiger partial charge in [-0.15, -0.1) is 0 Å². The molecule has 5 nitrogen and oxygen atoms in total. The van der Waals surface area contributed by atoms with Crippen molar-refractivity contribution in [3.05, 3.63) is 47.2 Å². The third-order valence-corrected chi connectivity index (χ3v) is 4.14. The van der Waals surface area contributed by atoms with Gasteiger partial charge in [-0.25, -0.2) is 4.79 Å². The number of Topliss-reactive ketones (excluding diaryl/α,β-unsaturated/α-hetero) is 1. The fourth-order valence-corrected chi connectivity index (χ4v) is 2.88. The van der Waals surface area contributed by atoms with Crippen LogP contribution in [0.2, 0.25) is 0 Å². The molecular weight excluding hydrogens is 306 g/mol. The molecule has 0 radical (unpaired) electrons. The number of rotatable bonds is 6. The monoisotopic (exact) mass is 329 g/mol. The maximum atomic E-state index is 12.9. The van der Waals surface area contributed by atoms with Crippen LogP contribution in [0.15, 0.2) is 41.6 Å². The summed E-state index contributed by atoms with van der Waals surface area (Å²) in [5.74, 6) is -2.39. The van der Waals surface area contributed by atoms with E-state index in [4.69, 9.17) is 4.74 Å². The van der Waals surface area contributed by atoms with Crippen LogP contribution in [-0.2, 0) is 19.1 Å². The molecular formula is C19H23NO4. The van der Waals surface area contributed by atoms with Crippen molar-refractivity contribution in [2.45, 2.75) is 39.5 Å². The molecule has 1 aromatic rings. The summed E-state index contributed by atoms with van der Waals surface area (Å²) in [6, 6.07) is 8.86. The standard InChI is InChI=1S/C19H23NO4/c1-4-6-12-20-13(3)15(19(23)24-5-2)17(21)16(18(20)22)14-10-8-7-9-11-14/h7-11,16H,4-6,12H2,1-3H3. The molecule has 1 aliphatic rings. The molecule has 2 rings (SSSR count). The second kappa shape index (κ2) is 7.90. The number of carbonyl (C=O) groups excluding carboxylic acids is 3. The van der Waals surface area contributed by atoms with Crippen LogP contribution in [0.5, 0.6) is 0 Å². The summed E-state index contributed by atoms with van der Waals surface area (Å²) in [7, 11) is 0. The van der Waals surface area contributed by atoms with E-state index < -0.39 is 17.7 Å². The van der Waals surface area contributed by atoms with Gasteiger partial charge in [0.05, 0.1) is 6.61 Å². The number of hydrogen-bond acceptors (Lipinski definition) is 4. The highest BCUT2D eigenvalue weighted by atomic mass is 16.5. The van der Waals surface area contributed by atoms with Crippen LogP contribution in [0.3, 0.4) is 0 Å². The minimum Gasteiger partial charge on any atom is -0.462 e. The SMILES string of the molecule is CCCCN1C(=O)C(c2ccccc2)C(=O)C(C(=O)OCC)=C1C. The molecule has 0 spiro atoms. The lowest BCUT2D eigenvalue weighted by Gasteiger charge is -2.33. The molecule has 0 N–H and O–H groups in total. The molecule has 0 saturated carbocycles. The first-order valence-corrected chi connectivity index (χ1v) is 8.31. The summed E-state index contributed by atoms with van der Waals surface area (Å²) in [5.41, 5.74) is 0.980. The third-order valence-electron chi connectivity index (χ3n) is 4.14. The predicted octanol–water partition coefficient (Wildman–Crippen LogP) is 2.82. The summed E-state index contributed by atoms with van der Waals surface area (Å²) in [6.07, 6.45) is 1.71. The number of hydrogen-bond donors (Lipinski definition) is 0. The Labute approximate surface area is 142 Å². The summed E-state index contributed by atoms with van der Waals surface area (Å²) < 4.78 is 5.04. The zero-order chi connectivity index (χ0) is 17.7. The maximum Gasteiger partial charge on any atom is 0.343 e. The topological polar surface area (TPSA) is 63.7 Å². The molecule has 5 heteroatoms. The van der Waals surface area contributed by atoms with Gasteiger partial charge in [0.1, 0.15) is 11.5 Å². The first-order valence-electron chi connectivity index (χ1n) is 8.31. The Morgan fingerprint density at radius 1 is 1.17 bits per heavy atom. The number of nitrogens with zero attached hydrogens (tertiary/aromatic N) is 1. The summed E-state index contributed by atoms with van der Waals surface area (Å²) in [6.45, 7) is 6.02. The summed E-state index contributed by atoms with van der Waals surface area (Å²) in [5, 5.41) is 0. The van der Waals surface area contributed by atoms with Crippen molar-refractivity contribution in [3.63, 3.8) is 0 Å². The molecule has 1 aromatic carbocycles. The van der Waals surface area contributed by atoms with Gasteiger partial charge < -0.3 is 9.64 Å². The fourth-order valence-electron chi connectivity index (χ4n) is 2.88. The molecule has 1 atom stereocenters. The number of ether oxygens (including phenoxy) is 1. The van der Waals surface area contributed by atoms with Gasteiger partial charge in [-0.1, -0.05) is 43.7 Å². The van der Waals surface area contributed by atoms with Crippen molar-refractivity contribution < 1.29 is 19.1 Å². The van der Waals surface area contributed by atoms with E-state index in [1.807, 2.05) is 13.0 Å². The lowest BCUT2D eigenvalue weighted by molar-refractivity contribution is -0.143. The fraction of sp³-hybridized carbons (Fsp3) is 0.421. The molecule has 1 unspecified atom stereocenters. The lowest BCUT2D eigenvalue weighted by Crippen LogP contribution is -2.45. The number of esters is 1. The van der Waals surface area contributed by atoms with Gasteiger partial charge in [0.25, 0.3) is 0 Å². The Hall–Kier alpha value is -2.43. The molecule has 1 amide bonds. The van der Waals surface area contributed by atoms with E-state index in [0.717, 1.165) is 12.8 Å². The second-order valence-electron chi connectivity index (χ2n) is 5.73. The number of amides is 1. The lowest BCUT2D eigenvalue weighted by atomic mass is 9.85. The molecule has 0 bridgehead atoms. The van der Waals surface area contributed by atoms with Crippen LogP contribution in [0.4, 0.5) is 0 Å². The highest BCUT2D eigenvalue weighted by molar-refractivity contribution is 6.28. The molecule has 128 valence electrons. The molecule has 1 aliphatic heterocycles. The van der Waals surface area contributed by atoms with Crippen molar-refractivity contribution in [1.29, 1.82) is 0 Å². The molecule has 0 aromatic heterocycles. The minimum atomic E-state index is -0.980. The Balaban J connectivity index is 2.50. The van der Waals surface area contributed by atoms with E-state index in [1.165, 1.54) is 0 Å². The van der Waals surface area contributed by atoms with Crippen LogP contribution in [-0.4, -0.2) is 35.7 Å². The van der Waals surface area contributed by atoms with Crippen LogP contribution >= 0.6 is 0 Å². The first-order chi connectivity index (χ1) is 11.5. The van der Waals surface area contributed by atoms with Gasteiger partial charge in [0, 0.05) is 12.2 Å². The zero-order valence-corrected chi connectivity index (χ0v) is 14.4. The Kier molecular flexibility index (Phi) is 5.90. The van der Waals surface area contributed by atoms with E-state index in [2.05, 4.69) is 0 Å². The van der Waals surface area contributed by atoms with Gasteiger partial charge in [-0.3, -0.25) is 9.59 Å². The van der Waals surface area contributed by atoms with Crippen LogP contribution in [0.1, 0.15) is 45.1 Å². The van der Waals surface area contributed by atoms with E-state index in [1.54, 1.807) is 43.0 Å². The van der Waals surface area contributed by atoms with Crippen molar-refractivity contribution >= 4 is 17.7 Å². The molecule has 0 saturated heterocycles. The minimum absolute atomic E-state index is 0.0126. The second-order valence-corrected chi connectivity index (χ2v) is 5.73. The summed E-state index contributed by atoms with van der Waals surface area (Å²) in [4.78, 5) is 39.6. The molecule has 0 fully saturated rings. The van der Waals surface area contributed by atoms with Crippen molar-refractivity contribution in [1.82, 2.24) is 4.90 Å². The molecule has 0 aliphatic carbocycles. The number of unbranched alkanes of at least 4 members (excludes halogenated alkanes) is 1. The van der Waals surface area contributed by atoms with E-state index in [9.17, 15) is 14.4 Å². The van der Waals surface area contributed by atoms with Crippen molar-refractivity contribution in [2.75, 3.05) is 13.2 Å². The van der Waals surface area contributed by atoms with Crippen LogP contribution in [0, 0.1) is 0 Å². The van der Waals surface area contributed by atoms with Crippen LogP contribution in [0.25, 0.3) is 0 Å².